The summed E-state index contributed by atoms with van der Waals surface area (Å²) in [6.45, 7) is 4.81. The molecule has 4 nitrogen and oxygen atoms in total. The maximum atomic E-state index is 5.77. The average Bonchev–Trinajstić information content (AvgIpc) is 3.42. The summed E-state index contributed by atoms with van der Waals surface area (Å²) in [6.07, 6.45) is 5.23. The fourth-order valence-electron chi connectivity index (χ4n) is 4.20. The van der Waals surface area contributed by atoms with E-state index in [1.165, 1.54) is 29.5 Å². The molecule has 0 saturated carbocycles. The first-order chi connectivity index (χ1) is 13.3. The minimum absolute atomic E-state index is 0.430. The van der Waals surface area contributed by atoms with Crippen LogP contribution in [0.4, 0.5) is 0 Å². The van der Waals surface area contributed by atoms with E-state index in [0.29, 0.717) is 11.9 Å². The highest BCUT2D eigenvalue weighted by Crippen LogP contribution is 2.37. The summed E-state index contributed by atoms with van der Waals surface area (Å²) >= 11 is 0. The van der Waals surface area contributed by atoms with Crippen molar-refractivity contribution < 1.29 is 9.15 Å². The van der Waals surface area contributed by atoms with Gasteiger partial charge in [-0.3, -0.25) is 4.90 Å². The monoisotopic (exact) mass is 360 g/mol. The van der Waals surface area contributed by atoms with Crippen LogP contribution in [0.2, 0.25) is 0 Å². The molecule has 1 fully saturated rings. The van der Waals surface area contributed by atoms with Gasteiger partial charge in [-0.1, -0.05) is 29.8 Å². The van der Waals surface area contributed by atoms with Crippen molar-refractivity contribution in [2.75, 3.05) is 13.2 Å². The number of aromatic nitrogens is 1. The molecular weight excluding hydrogens is 336 g/mol. The summed E-state index contributed by atoms with van der Waals surface area (Å²) in [4.78, 5) is 7.23. The molecule has 1 saturated heterocycles. The van der Waals surface area contributed by atoms with Crippen molar-refractivity contribution in [2.45, 2.75) is 38.8 Å². The van der Waals surface area contributed by atoms with Crippen LogP contribution in [0.5, 0.6) is 5.75 Å². The van der Waals surface area contributed by atoms with Crippen LogP contribution in [0, 0.1) is 6.92 Å². The zero-order chi connectivity index (χ0) is 18.2. The van der Waals surface area contributed by atoms with E-state index in [1.54, 1.807) is 6.26 Å². The number of ether oxygens (including phenoxy) is 1. The van der Waals surface area contributed by atoms with Crippen molar-refractivity contribution in [3.63, 3.8) is 0 Å². The standard InChI is InChI=1S/C23H24N2O2/c1-16-4-6-18(7-5-16)23-24-20(15-27-23)14-25-11-2-3-21(25)19-9-8-17-10-12-26-22(17)13-19/h4-9,13,15,21H,2-3,10-12,14H2,1H3. The Morgan fingerprint density at radius 3 is 2.93 bits per heavy atom. The predicted molar refractivity (Wildman–Crippen MR) is 105 cm³/mol. The van der Waals surface area contributed by atoms with Gasteiger partial charge >= 0.3 is 0 Å². The summed E-state index contributed by atoms with van der Waals surface area (Å²) < 4.78 is 11.5. The maximum Gasteiger partial charge on any atom is 0.226 e. The van der Waals surface area contributed by atoms with Crippen molar-refractivity contribution >= 4 is 0 Å². The van der Waals surface area contributed by atoms with Gasteiger partial charge in [-0.05, 0) is 55.6 Å². The van der Waals surface area contributed by atoms with Crippen molar-refractivity contribution in [2.24, 2.45) is 0 Å². The number of aryl methyl sites for hydroxylation is 1. The molecule has 2 aliphatic rings. The first-order valence-corrected chi connectivity index (χ1v) is 9.77. The molecule has 0 spiro atoms. The van der Waals surface area contributed by atoms with Gasteiger partial charge < -0.3 is 9.15 Å². The highest BCUT2D eigenvalue weighted by Gasteiger charge is 2.28. The molecule has 0 N–H and O–H groups in total. The molecule has 2 aliphatic heterocycles. The van der Waals surface area contributed by atoms with Gasteiger partial charge in [-0.25, -0.2) is 4.98 Å². The van der Waals surface area contributed by atoms with Gasteiger partial charge in [0, 0.05) is 24.6 Å². The first-order valence-electron chi connectivity index (χ1n) is 9.77. The quantitative estimate of drug-likeness (QED) is 0.662. The molecule has 1 unspecified atom stereocenters. The van der Waals surface area contributed by atoms with E-state index in [2.05, 4.69) is 54.3 Å². The Hall–Kier alpha value is -2.59. The molecule has 4 heteroatoms. The summed E-state index contributed by atoms with van der Waals surface area (Å²) in [5.74, 6) is 1.77. The molecule has 0 amide bonds. The SMILES string of the molecule is Cc1ccc(-c2nc(CN3CCCC3c3ccc4c(c3)OCC4)co2)cc1. The number of nitrogens with zero attached hydrogens (tertiary/aromatic N) is 2. The summed E-state index contributed by atoms with van der Waals surface area (Å²) in [6, 6.07) is 15.5. The van der Waals surface area contributed by atoms with Gasteiger partial charge in [-0.2, -0.15) is 0 Å². The van der Waals surface area contributed by atoms with Crippen LogP contribution in [0.15, 0.2) is 53.1 Å². The lowest BCUT2D eigenvalue weighted by Gasteiger charge is -2.24. The third-order valence-electron chi connectivity index (χ3n) is 5.68. The number of hydrogen-bond acceptors (Lipinski definition) is 4. The van der Waals surface area contributed by atoms with Gasteiger partial charge in [0.15, 0.2) is 0 Å². The minimum Gasteiger partial charge on any atom is -0.493 e. The number of rotatable bonds is 4. The van der Waals surface area contributed by atoms with Gasteiger partial charge in [-0.15, -0.1) is 0 Å². The fourth-order valence-corrected chi connectivity index (χ4v) is 4.20. The smallest absolute Gasteiger partial charge is 0.226 e. The number of fused-ring (bicyclic) bond motifs is 1. The highest BCUT2D eigenvalue weighted by atomic mass is 16.5. The zero-order valence-corrected chi connectivity index (χ0v) is 15.6. The second kappa shape index (κ2) is 6.86. The molecule has 1 atom stereocenters. The molecule has 3 heterocycles. The van der Waals surface area contributed by atoms with Crippen LogP contribution in [-0.2, 0) is 13.0 Å². The van der Waals surface area contributed by atoms with Crippen molar-refractivity contribution in [1.29, 1.82) is 0 Å². The van der Waals surface area contributed by atoms with Crippen LogP contribution < -0.4 is 4.74 Å². The lowest BCUT2D eigenvalue weighted by molar-refractivity contribution is 0.245. The normalized spacial score (nSPS) is 19.2. The van der Waals surface area contributed by atoms with Crippen LogP contribution in [-0.4, -0.2) is 23.0 Å². The molecule has 0 bridgehead atoms. The third-order valence-corrected chi connectivity index (χ3v) is 5.68. The Balaban J connectivity index is 1.33. The van der Waals surface area contributed by atoms with Gasteiger partial charge in [0.05, 0.1) is 12.3 Å². The van der Waals surface area contributed by atoms with E-state index in [4.69, 9.17) is 14.1 Å². The van der Waals surface area contributed by atoms with E-state index in [-0.39, 0.29) is 0 Å². The highest BCUT2D eigenvalue weighted by molar-refractivity contribution is 5.53. The lowest BCUT2D eigenvalue weighted by Crippen LogP contribution is -2.23. The third kappa shape index (κ3) is 3.26. The average molecular weight is 360 g/mol. The van der Waals surface area contributed by atoms with E-state index in [9.17, 15) is 0 Å². The minimum atomic E-state index is 0.430. The Labute approximate surface area is 159 Å². The maximum absolute atomic E-state index is 5.77. The Morgan fingerprint density at radius 1 is 1.15 bits per heavy atom. The second-order valence-corrected chi connectivity index (χ2v) is 7.60. The molecule has 5 rings (SSSR count). The largest absolute Gasteiger partial charge is 0.493 e. The van der Waals surface area contributed by atoms with Crippen LogP contribution in [0.25, 0.3) is 11.5 Å². The Kier molecular flexibility index (Phi) is 4.21. The molecule has 3 aromatic rings. The topological polar surface area (TPSA) is 38.5 Å². The van der Waals surface area contributed by atoms with Gasteiger partial charge in [0.2, 0.25) is 5.89 Å². The molecular formula is C23H24N2O2. The Bertz CT molecular complexity index is 945. The van der Waals surface area contributed by atoms with Crippen molar-refractivity contribution in [1.82, 2.24) is 9.88 Å². The lowest BCUT2D eigenvalue weighted by atomic mass is 10.0. The summed E-state index contributed by atoms with van der Waals surface area (Å²) in [7, 11) is 0. The van der Waals surface area contributed by atoms with E-state index in [1.807, 2.05) is 0 Å². The number of hydrogen-bond donors (Lipinski definition) is 0. The Morgan fingerprint density at radius 2 is 2.04 bits per heavy atom. The first kappa shape index (κ1) is 16.6. The number of benzene rings is 2. The fraction of sp³-hybridized carbons (Fsp3) is 0.348. The predicted octanol–water partition coefficient (Wildman–Crippen LogP) is 4.92. The molecule has 0 radical (unpaired) electrons. The summed E-state index contributed by atoms with van der Waals surface area (Å²) in [5, 5.41) is 0. The van der Waals surface area contributed by atoms with Crippen LogP contribution >= 0.6 is 0 Å². The molecule has 1 aromatic heterocycles. The van der Waals surface area contributed by atoms with E-state index >= 15 is 0 Å². The van der Waals surface area contributed by atoms with E-state index in [0.717, 1.165) is 43.1 Å². The molecule has 138 valence electrons. The molecule has 0 aliphatic carbocycles. The van der Waals surface area contributed by atoms with E-state index < -0.39 is 0 Å². The zero-order valence-electron chi connectivity index (χ0n) is 15.6. The van der Waals surface area contributed by atoms with Gasteiger partial charge in [0.25, 0.3) is 0 Å². The van der Waals surface area contributed by atoms with Crippen molar-refractivity contribution in [3.05, 3.63) is 71.1 Å². The summed E-state index contributed by atoms with van der Waals surface area (Å²) in [5.41, 5.74) is 5.96. The number of oxazole rings is 1. The van der Waals surface area contributed by atoms with Gasteiger partial charge in [0.1, 0.15) is 12.0 Å². The number of likely N-dealkylation sites (tertiary alicyclic amines) is 1. The second-order valence-electron chi connectivity index (χ2n) is 7.60. The van der Waals surface area contributed by atoms with Crippen molar-refractivity contribution in [3.8, 4) is 17.2 Å². The van der Waals surface area contributed by atoms with Crippen LogP contribution in [0.1, 0.15) is 41.3 Å². The molecule has 27 heavy (non-hydrogen) atoms. The van der Waals surface area contributed by atoms with Crippen LogP contribution in [0.3, 0.4) is 0 Å². The molecule has 2 aromatic carbocycles.